The monoisotopic (exact) mass is 443 g/mol. The van der Waals surface area contributed by atoms with E-state index < -0.39 is 10.9 Å². The quantitative estimate of drug-likeness (QED) is 0.237. The van der Waals surface area contributed by atoms with Crippen molar-refractivity contribution in [2.45, 2.75) is 6.92 Å². The first-order chi connectivity index (χ1) is 14.4. The lowest BCUT2D eigenvalue weighted by Crippen LogP contribution is -2.07. The van der Waals surface area contributed by atoms with Crippen molar-refractivity contribution < 1.29 is 19.0 Å². The van der Waals surface area contributed by atoms with Crippen molar-refractivity contribution in [2.75, 3.05) is 0 Å². The summed E-state index contributed by atoms with van der Waals surface area (Å²) in [6, 6.07) is 10.9. The van der Waals surface area contributed by atoms with Crippen molar-refractivity contribution in [3.8, 4) is 11.3 Å². The van der Waals surface area contributed by atoms with Crippen molar-refractivity contribution in [2.24, 2.45) is 4.99 Å². The minimum atomic E-state index is -0.764. The van der Waals surface area contributed by atoms with Crippen LogP contribution in [0.4, 0.5) is 5.69 Å². The van der Waals surface area contributed by atoms with Crippen LogP contribution in [0.1, 0.15) is 16.8 Å². The Hall–Kier alpha value is -3.49. The predicted molar refractivity (Wildman–Crippen MR) is 110 cm³/mol. The first-order valence-corrected chi connectivity index (χ1v) is 9.29. The Morgan fingerprint density at radius 2 is 1.77 bits per heavy atom. The maximum absolute atomic E-state index is 12.4. The molecule has 8 nitrogen and oxygen atoms in total. The third kappa shape index (κ3) is 3.47. The molecule has 30 heavy (non-hydrogen) atoms. The van der Waals surface area contributed by atoms with Gasteiger partial charge in [-0.15, -0.1) is 0 Å². The fourth-order valence-electron chi connectivity index (χ4n) is 2.95. The number of aromatic nitrogens is 1. The second kappa shape index (κ2) is 7.74. The van der Waals surface area contributed by atoms with Gasteiger partial charge in [-0.25, -0.2) is 9.79 Å². The maximum Gasteiger partial charge on any atom is 0.363 e. The van der Waals surface area contributed by atoms with E-state index >= 15 is 0 Å². The van der Waals surface area contributed by atoms with E-state index in [-0.39, 0.29) is 28.6 Å². The highest BCUT2D eigenvalue weighted by Gasteiger charge is 2.32. The molecule has 3 aromatic rings. The van der Waals surface area contributed by atoms with Crippen LogP contribution in [0.25, 0.3) is 17.4 Å². The number of nitro groups is 1. The first kappa shape index (κ1) is 19.8. The molecule has 0 saturated heterocycles. The molecule has 10 heteroatoms. The minimum absolute atomic E-state index is 0.0606. The predicted octanol–water partition coefficient (Wildman–Crippen LogP) is 5.21. The Labute approximate surface area is 179 Å². The smallest absolute Gasteiger partial charge is 0.363 e. The van der Waals surface area contributed by atoms with Crippen LogP contribution in [0.3, 0.4) is 0 Å². The third-order valence-electron chi connectivity index (χ3n) is 4.31. The van der Waals surface area contributed by atoms with Gasteiger partial charge in [0.1, 0.15) is 5.56 Å². The van der Waals surface area contributed by atoms with Crippen molar-refractivity contribution >= 4 is 46.8 Å². The zero-order valence-corrected chi connectivity index (χ0v) is 16.8. The summed E-state index contributed by atoms with van der Waals surface area (Å²) in [5.41, 5.74) is 1.05. The normalized spacial score (nSPS) is 14.7. The number of para-hydroxylation sites is 1. The number of aliphatic imine (C=N–C) groups is 1. The molecule has 0 saturated carbocycles. The molecule has 0 amide bonds. The lowest BCUT2D eigenvalue weighted by Gasteiger charge is -2.05. The first-order valence-electron chi connectivity index (χ1n) is 8.54. The summed E-state index contributed by atoms with van der Waals surface area (Å²) in [7, 11) is 0. The summed E-state index contributed by atoms with van der Waals surface area (Å²) in [6.45, 7) is 1.65. The molecule has 0 bridgehead atoms. The number of benzene rings is 2. The average molecular weight is 444 g/mol. The van der Waals surface area contributed by atoms with E-state index in [9.17, 15) is 14.9 Å². The van der Waals surface area contributed by atoms with Gasteiger partial charge in [0, 0.05) is 6.07 Å². The molecule has 0 atom stereocenters. The molecule has 0 spiro atoms. The van der Waals surface area contributed by atoms with Crippen LogP contribution in [-0.4, -0.2) is 21.9 Å². The second-order valence-electron chi connectivity index (χ2n) is 6.22. The maximum atomic E-state index is 12.4. The van der Waals surface area contributed by atoms with Gasteiger partial charge in [-0.3, -0.25) is 10.1 Å². The molecular formula is C20H11Cl2N3O5. The Kier molecular flexibility index (Phi) is 5.11. The van der Waals surface area contributed by atoms with E-state index in [2.05, 4.69) is 10.1 Å². The van der Waals surface area contributed by atoms with E-state index in [1.165, 1.54) is 24.3 Å². The van der Waals surface area contributed by atoms with Crippen LogP contribution in [0.15, 0.2) is 57.7 Å². The van der Waals surface area contributed by atoms with Gasteiger partial charge in [0.25, 0.3) is 5.69 Å². The van der Waals surface area contributed by atoms with Gasteiger partial charge < -0.3 is 9.26 Å². The van der Waals surface area contributed by atoms with Gasteiger partial charge in [-0.05, 0) is 31.2 Å². The van der Waals surface area contributed by atoms with E-state index in [4.69, 9.17) is 32.5 Å². The van der Waals surface area contributed by atoms with Gasteiger partial charge >= 0.3 is 5.97 Å². The molecule has 2 aromatic carbocycles. The Bertz CT molecular complexity index is 1240. The summed E-state index contributed by atoms with van der Waals surface area (Å²) in [6.07, 6.45) is 1.29. The number of nitrogens with zero attached hydrogens (tertiary/aromatic N) is 3. The van der Waals surface area contributed by atoms with Crippen LogP contribution < -0.4 is 0 Å². The van der Waals surface area contributed by atoms with Gasteiger partial charge in [-0.2, -0.15) is 0 Å². The highest BCUT2D eigenvalue weighted by Crippen LogP contribution is 2.38. The van der Waals surface area contributed by atoms with Crippen molar-refractivity contribution in [3.05, 3.63) is 85.1 Å². The SMILES string of the molecule is Cc1noc(-c2c(Cl)cccc2Cl)c1C1=N/C(=C/c2ccccc2[N+](=O)[O-])C(=O)O1. The average Bonchev–Trinajstić information content (AvgIpc) is 3.24. The number of aryl methyl sites for hydroxylation is 1. The van der Waals surface area contributed by atoms with Crippen molar-refractivity contribution in [3.63, 3.8) is 0 Å². The lowest BCUT2D eigenvalue weighted by molar-refractivity contribution is -0.385. The Balaban J connectivity index is 1.82. The van der Waals surface area contributed by atoms with Crippen LogP contribution in [0, 0.1) is 17.0 Å². The van der Waals surface area contributed by atoms with Crippen LogP contribution in [-0.2, 0) is 9.53 Å². The van der Waals surface area contributed by atoms with Gasteiger partial charge in [0.15, 0.2) is 11.5 Å². The van der Waals surface area contributed by atoms with Gasteiger partial charge in [0.2, 0.25) is 5.90 Å². The number of carbonyl (C=O) groups is 1. The van der Waals surface area contributed by atoms with E-state index in [1.54, 1.807) is 31.2 Å². The molecule has 1 aromatic heterocycles. The molecule has 2 heterocycles. The van der Waals surface area contributed by atoms with Crippen LogP contribution >= 0.6 is 23.2 Å². The topological polar surface area (TPSA) is 108 Å². The zero-order valence-electron chi connectivity index (χ0n) is 15.3. The number of esters is 1. The van der Waals surface area contributed by atoms with Gasteiger partial charge in [-0.1, -0.05) is 46.6 Å². The number of hydrogen-bond donors (Lipinski definition) is 0. The molecule has 1 aliphatic rings. The standard InChI is InChI=1S/C20H11Cl2N3O5/c1-10-16(18(30-24-10)17-12(21)6-4-7-13(17)22)19-23-14(20(26)29-19)9-11-5-2-3-8-15(11)25(27)28/h2-9H,1H3/b14-9+. The number of cyclic esters (lactones) is 1. The van der Waals surface area contributed by atoms with Crippen LogP contribution in [0.5, 0.6) is 0 Å². The van der Waals surface area contributed by atoms with Crippen LogP contribution in [0.2, 0.25) is 10.0 Å². The molecule has 0 aliphatic carbocycles. The van der Waals surface area contributed by atoms with E-state index in [1.807, 2.05) is 0 Å². The summed E-state index contributed by atoms with van der Waals surface area (Å²) in [5, 5.41) is 15.8. The number of carbonyl (C=O) groups excluding carboxylic acids is 1. The lowest BCUT2D eigenvalue weighted by atomic mass is 10.1. The zero-order chi connectivity index (χ0) is 21.4. The molecule has 150 valence electrons. The molecule has 4 rings (SSSR count). The minimum Gasteiger partial charge on any atom is -0.402 e. The molecule has 0 fully saturated rings. The summed E-state index contributed by atoms with van der Waals surface area (Å²) >= 11 is 12.5. The Morgan fingerprint density at radius 1 is 1.07 bits per heavy atom. The number of hydrogen-bond acceptors (Lipinski definition) is 7. The highest BCUT2D eigenvalue weighted by molar-refractivity contribution is 6.39. The number of nitro benzene ring substituents is 1. The number of ether oxygens (including phenoxy) is 1. The molecule has 1 aliphatic heterocycles. The molecular weight excluding hydrogens is 433 g/mol. The highest BCUT2D eigenvalue weighted by atomic mass is 35.5. The number of rotatable bonds is 4. The molecule has 0 radical (unpaired) electrons. The third-order valence-corrected chi connectivity index (χ3v) is 4.94. The van der Waals surface area contributed by atoms with E-state index in [0.717, 1.165) is 0 Å². The number of halogens is 2. The van der Waals surface area contributed by atoms with Crippen molar-refractivity contribution in [1.29, 1.82) is 0 Å². The molecule has 0 N–H and O–H groups in total. The summed E-state index contributed by atoms with van der Waals surface area (Å²) < 4.78 is 10.7. The summed E-state index contributed by atoms with van der Waals surface area (Å²) in [5.74, 6) is -0.629. The van der Waals surface area contributed by atoms with E-state index in [0.29, 0.717) is 26.9 Å². The Morgan fingerprint density at radius 3 is 2.47 bits per heavy atom. The second-order valence-corrected chi connectivity index (χ2v) is 7.04. The van der Waals surface area contributed by atoms with Gasteiger partial charge in [0.05, 0.1) is 31.8 Å². The summed E-state index contributed by atoms with van der Waals surface area (Å²) in [4.78, 5) is 27.3. The van der Waals surface area contributed by atoms with Crippen molar-refractivity contribution in [1.82, 2.24) is 5.16 Å². The fraction of sp³-hybridized carbons (Fsp3) is 0.0500. The molecule has 0 unspecified atom stereocenters. The fourth-order valence-corrected chi connectivity index (χ4v) is 3.52. The largest absolute Gasteiger partial charge is 0.402 e.